The third-order valence-electron chi connectivity index (χ3n) is 7.27. The molecule has 0 bridgehead atoms. The first-order valence-electron chi connectivity index (χ1n) is 13.8. The van der Waals surface area contributed by atoms with E-state index in [4.69, 9.17) is 4.74 Å². The monoisotopic (exact) mass is 554 g/mol. The number of morpholine rings is 1. The average molecular weight is 555 g/mol. The second-order valence-electron chi connectivity index (χ2n) is 10.2. The van der Waals surface area contributed by atoms with Gasteiger partial charge in [-0.25, -0.2) is 4.39 Å². The summed E-state index contributed by atoms with van der Waals surface area (Å²) in [6.07, 6.45) is 0. The molecule has 0 aliphatic carbocycles. The van der Waals surface area contributed by atoms with Crippen molar-refractivity contribution < 1.29 is 24.1 Å². The molecule has 2 aromatic carbocycles. The number of hydrogen-bond acceptors (Lipinski definition) is 8. The summed E-state index contributed by atoms with van der Waals surface area (Å²) < 4.78 is 22.3. The minimum absolute atomic E-state index is 0.0338. The Morgan fingerprint density at radius 2 is 1.82 bits per heavy atom. The van der Waals surface area contributed by atoms with Crippen molar-refractivity contribution in [1.29, 1.82) is 0 Å². The van der Waals surface area contributed by atoms with Crippen LogP contribution in [-0.2, 0) is 11.3 Å². The highest BCUT2D eigenvalue weighted by atomic mass is 19.1. The summed E-state index contributed by atoms with van der Waals surface area (Å²) in [5.41, 5.74) is 1.74. The fraction of sp³-hybridized carbons (Fsp3) is 0.483. The van der Waals surface area contributed by atoms with Crippen LogP contribution in [0, 0.1) is 5.82 Å². The number of carbonyl (C=O) groups is 1. The van der Waals surface area contributed by atoms with E-state index in [1.54, 1.807) is 18.2 Å². The van der Waals surface area contributed by atoms with Crippen molar-refractivity contribution in [1.82, 2.24) is 29.9 Å². The summed E-state index contributed by atoms with van der Waals surface area (Å²) in [6, 6.07) is 7.65. The molecule has 0 spiro atoms. The van der Waals surface area contributed by atoms with Gasteiger partial charge in [0.25, 0.3) is 5.91 Å². The van der Waals surface area contributed by atoms with Gasteiger partial charge in [-0.2, -0.15) is 0 Å². The largest absolute Gasteiger partial charge is 0.508 e. The molecule has 1 amide bonds. The standard InChI is InChI=1S/C29H39FN6O4/c1-5-34(6-2)10-9-31-29(39)28-33-32-27(23-16-22(19(3)4)25(37)17-26(23)38)36(28)21-8-7-20(24(30)15-21)18-35-11-13-40-14-12-35/h7-8,15-17,19,37-38H,5-6,9-14,18H2,1-4H3,(H,31,39). The Bertz CT molecular complexity index is 1320. The van der Waals surface area contributed by atoms with E-state index in [0.29, 0.717) is 49.7 Å². The lowest BCUT2D eigenvalue weighted by molar-refractivity contribution is 0.0337. The zero-order valence-corrected chi connectivity index (χ0v) is 23.7. The molecule has 1 aromatic heterocycles. The van der Waals surface area contributed by atoms with Crippen LogP contribution in [0.3, 0.4) is 0 Å². The first-order valence-corrected chi connectivity index (χ1v) is 13.8. The van der Waals surface area contributed by atoms with Gasteiger partial charge in [0.15, 0.2) is 5.82 Å². The lowest BCUT2D eigenvalue weighted by Crippen LogP contribution is -2.36. The van der Waals surface area contributed by atoms with E-state index >= 15 is 4.39 Å². The number of rotatable bonds is 11. The van der Waals surface area contributed by atoms with Crippen molar-refractivity contribution in [2.75, 3.05) is 52.5 Å². The molecule has 0 unspecified atom stereocenters. The van der Waals surface area contributed by atoms with E-state index in [1.165, 1.54) is 16.7 Å². The van der Waals surface area contributed by atoms with Crippen LogP contribution < -0.4 is 5.32 Å². The third kappa shape index (κ3) is 6.60. The number of carbonyl (C=O) groups excluding carboxylic acids is 1. The zero-order valence-electron chi connectivity index (χ0n) is 23.7. The van der Waals surface area contributed by atoms with Crippen molar-refractivity contribution in [2.24, 2.45) is 0 Å². The van der Waals surface area contributed by atoms with E-state index in [2.05, 4.69) is 39.2 Å². The van der Waals surface area contributed by atoms with Crippen LogP contribution in [0.1, 0.15) is 55.4 Å². The van der Waals surface area contributed by atoms with E-state index < -0.39 is 11.7 Å². The molecular formula is C29H39FN6O4. The fourth-order valence-corrected chi connectivity index (χ4v) is 4.84. The molecule has 11 heteroatoms. The highest BCUT2D eigenvalue weighted by Crippen LogP contribution is 2.38. The van der Waals surface area contributed by atoms with Crippen molar-refractivity contribution in [3.63, 3.8) is 0 Å². The lowest BCUT2D eigenvalue weighted by Gasteiger charge is -2.26. The molecule has 2 heterocycles. The molecule has 0 radical (unpaired) electrons. The van der Waals surface area contributed by atoms with E-state index in [-0.39, 0.29) is 34.6 Å². The smallest absolute Gasteiger partial charge is 0.289 e. The molecule has 4 rings (SSSR count). The van der Waals surface area contributed by atoms with Gasteiger partial charge in [-0.1, -0.05) is 33.8 Å². The molecule has 1 aliphatic heterocycles. The SMILES string of the molecule is CCN(CC)CCNC(=O)c1nnc(-c2cc(C(C)C)c(O)cc2O)n1-c1ccc(CN2CCOCC2)c(F)c1. The summed E-state index contributed by atoms with van der Waals surface area (Å²) in [7, 11) is 0. The molecule has 3 aromatic rings. The fourth-order valence-electron chi connectivity index (χ4n) is 4.84. The van der Waals surface area contributed by atoms with Gasteiger partial charge >= 0.3 is 0 Å². The Balaban J connectivity index is 1.74. The number of nitrogens with one attached hydrogen (secondary N) is 1. The number of benzene rings is 2. The van der Waals surface area contributed by atoms with Crippen molar-refractivity contribution in [3.05, 3.63) is 53.1 Å². The predicted octanol–water partition coefficient (Wildman–Crippen LogP) is 3.51. The summed E-state index contributed by atoms with van der Waals surface area (Å²) >= 11 is 0. The maximum absolute atomic E-state index is 15.4. The Morgan fingerprint density at radius 1 is 1.10 bits per heavy atom. The van der Waals surface area contributed by atoms with Crippen LogP contribution in [0.25, 0.3) is 17.1 Å². The first-order chi connectivity index (χ1) is 19.2. The van der Waals surface area contributed by atoms with Crippen molar-refractivity contribution >= 4 is 5.91 Å². The summed E-state index contributed by atoms with van der Waals surface area (Å²) in [5, 5.41) is 32.4. The van der Waals surface area contributed by atoms with Crippen molar-refractivity contribution in [3.8, 4) is 28.6 Å². The Kier molecular flexibility index (Phi) is 9.72. The maximum Gasteiger partial charge on any atom is 0.289 e. The first kappa shape index (κ1) is 29.4. The number of likely N-dealkylation sites (N-methyl/N-ethyl adjacent to an activating group) is 1. The number of hydrogen-bond donors (Lipinski definition) is 3. The number of aromatic nitrogens is 3. The number of aromatic hydroxyl groups is 2. The molecule has 3 N–H and O–H groups in total. The summed E-state index contributed by atoms with van der Waals surface area (Å²) in [5.74, 6) is -1.08. The third-order valence-corrected chi connectivity index (χ3v) is 7.27. The Labute approximate surface area is 234 Å². The van der Waals surface area contributed by atoms with Crippen LogP contribution >= 0.6 is 0 Å². The number of phenolic OH excluding ortho intramolecular Hbond substituents is 2. The molecule has 1 aliphatic rings. The minimum atomic E-state index is -0.467. The number of halogens is 1. The van der Waals surface area contributed by atoms with Gasteiger partial charge in [0.05, 0.1) is 24.5 Å². The Morgan fingerprint density at radius 3 is 2.48 bits per heavy atom. The molecule has 216 valence electrons. The molecule has 0 atom stereocenters. The maximum atomic E-state index is 15.4. The van der Waals surface area contributed by atoms with Crippen molar-refractivity contribution in [2.45, 2.75) is 40.2 Å². The van der Waals surface area contributed by atoms with Gasteiger partial charge in [0, 0.05) is 44.4 Å². The van der Waals surface area contributed by atoms with Gasteiger partial charge in [0.2, 0.25) is 5.82 Å². The molecular weight excluding hydrogens is 515 g/mol. The second kappa shape index (κ2) is 13.2. The van der Waals surface area contributed by atoms with Gasteiger partial charge in [-0.05, 0) is 42.8 Å². The normalized spacial score (nSPS) is 14.3. The van der Waals surface area contributed by atoms with Gasteiger partial charge in [-0.15, -0.1) is 10.2 Å². The van der Waals surface area contributed by atoms with Crippen LogP contribution in [0.4, 0.5) is 4.39 Å². The Hall–Kier alpha value is -3.54. The van der Waals surface area contributed by atoms with Crippen LogP contribution in [-0.4, -0.2) is 93.2 Å². The topological polar surface area (TPSA) is 116 Å². The molecule has 40 heavy (non-hydrogen) atoms. The number of amides is 1. The van der Waals surface area contributed by atoms with E-state index in [1.807, 2.05) is 13.8 Å². The van der Waals surface area contributed by atoms with Crippen LogP contribution in [0.15, 0.2) is 30.3 Å². The second-order valence-corrected chi connectivity index (χ2v) is 10.2. The zero-order chi connectivity index (χ0) is 28.8. The summed E-state index contributed by atoms with van der Waals surface area (Å²) in [6.45, 7) is 13.9. The number of nitrogens with zero attached hydrogens (tertiary/aromatic N) is 5. The van der Waals surface area contributed by atoms with Gasteiger partial charge in [0.1, 0.15) is 17.3 Å². The molecule has 1 saturated heterocycles. The van der Waals surface area contributed by atoms with Gasteiger partial charge < -0.3 is 25.2 Å². The van der Waals surface area contributed by atoms with Crippen LogP contribution in [0.5, 0.6) is 11.5 Å². The quantitative estimate of drug-likeness (QED) is 0.330. The van der Waals surface area contributed by atoms with E-state index in [0.717, 1.165) is 26.2 Å². The predicted molar refractivity (Wildman–Crippen MR) is 150 cm³/mol. The average Bonchev–Trinajstić information content (AvgIpc) is 3.37. The molecule has 1 fully saturated rings. The highest BCUT2D eigenvalue weighted by Gasteiger charge is 2.25. The minimum Gasteiger partial charge on any atom is -0.508 e. The molecule has 0 saturated carbocycles. The van der Waals surface area contributed by atoms with E-state index in [9.17, 15) is 15.0 Å². The number of phenols is 2. The van der Waals surface area contributed by atoms with Crippen LogP contribution in [0.2, 0.25) is 0 Å². The summed E-state index contributed by atoms with van der Waals surface area (Å²) in [4.78, 5) is 17.6. The number of ether oxygens (including phenoxy) is 1. The molecule has 10 nitrogen and oxygen atoms in total. The highest BCUT2D eigenvalue weighted by molar-refractivity contribution is 5.92. The lowest BCUT2D eigenvalue weighted by atomic mass is 9.98. The van der Waals surface area contributed by atoms with Gasteiger partial charge in [-0.3, -0.25) is 14.3 Å².